The minimum absolute atomic E-state index is 0.106. The number of hydrogen-bond donors (Lipinski definition) is 2. The Labute approximate surface area is 242 Å². The molecule has 5 rings (SSSR count). The number of carbonyl (C=O) groups is 1. The molecule has 2 N–H and O–H groups in total. The fourth-order valence-electron chi connectivity index (χ4n) is 5.81. The largest absolute Gasteiger partial charge is 0.495 e. The number of methoxy groups -OCH3 is 1. The number of nitrogens with one attached hydrogen (secondary N) is 2. The highest BCUT2D eigenvalue weighted by Crippen LogP contribution is 2.40. The summed E-state index contributed by atoms with van der Waals surface area (Å²) in [5, 5.41) is 19.2. The molecule has 1 aliphatic carbocycles. The second-order valence-corrected chi connectivity index (χ2v) is 11.0. The van der Waals surface area contributed by atoms with E-state index in [2.05, 4.69) is 37.7 Å². The maximum atomic E-state index is 15.4. The number of carbonyl (C=O) groups excluding carboxylic acids is 1. The van der Waals surface area contributed by atoms with E-state index >= 15 is 8.78 Å². The molecular weight excluding hydrogens is 552 g/mol. The van der Waals surface area contributed by atoms with E-state index < -0.39 is 23.3 Å². The summed E-state index contributed by atoms with van der Waals surface area (Å²) in [6.45, 7) is 1.04. The number of alkyl halides is 2. The van der Waals surface area contributed by atoms with Crippen molar-refractivity contribution in [1.82, 2.24) is 20.2 Å². The van der Waals surface area contributed by atoms with Crippen LogP contribution in [-0.4, -0.2) is 90.5 Å². The molecule has 1 aromatic carbocycles. The van der Waals surface area contributed by atoms with Gasteiger partial charge in [-0.15, -0.1) is 0 Å². The highest BCUT2D eigenvalue weighted by molar-refractivity contribution is 6.05. The molecule has 13 nitrogen and oxygen atoms in total. The molecule has 0 unspecified atom stereocenters. The summed E-state index contributed by atoms with van der Waals surface area (Å²) >= 11 is 0. The number of nitrogens with zero attached hydrogens (tertiary/aromatic N) is 7. The van der Waals surface area contributed by atoms with Gasteiger partial charge in [-0.1, -0.05) is 12.8 Å². The van der Waals surface area contributed by atoms with Gasteiger partial charge in [0.25, 0.3) is 11.7 Å². The second kappa shape index (κ2) is 12.0. The van der Waals surface area contributed by atoms with Gasteiger partial charge in [-0.25, -0.2) is 15.1 Å². The highest BCUT2D eigenvalue weighted by atomic mass is 19.3. The van der Waals surface area contributed by atoms with Crippen LogP contribution in [0.3, 0.4) is 0 Å². The first-order chi connectivity index (χ1) is 20.1. The van der Waals surface area contributed by atoms with Gasteiger partial charge in [0.2, 0.25) is 5.95 Å². The van der Waals surface area contributed by atoms with Gasteiger partial charge >= 0.3 is 5.92 Å². The molecule has 226 valence electrons. The number of benzene rings is 1. The van der Waals surface area contributed by atoms with Gasteiger partial charge in [-0.05, 0) is 64.0 Å². The van der Waals surface area contributed by atoms with Crippen LogP contribution < -0.4 is 25.2 Å². The van der Waals surface area contributed by atoms with Gasteiger partial charge in [0, 0.05) is 24.7 Å². The van der Waals surface area contributed by atoms with Crippen molar-refractivity contribution >= 4 is 34.9 Å². The van der Waals surface area contributed by atoms with E-state index in [4.69, 9.17) is 4.74 Å². The van der Waals surface area contributed by atoms with Gasteiger partial charge in [-0.3, -0.25) is 4.79 Å². The Morgan fingerprint density at radius 1 is 1.19 bits per heavy atom. The molecule has 0 radical (unpaired) electrons. The van der Waals surface area contributed by atoms with Crippen LogP contribution in [0.1, 0.15) is 48.9 Å². The zero-order valence-electron chi connectivity index (χ0n) is 23.8. The van der Waals surface area contributed by atoms with Crippen LogP contribution in [0.2, 0.25) is 0 Å². The minimum atomic E-state index is -3.61. The summed E-state index contributed by atoms with van der Waals surface area (Å²) in [6, 6.07) is 4.86. The average Bonchev–Trinajstić information content (AvgIpc) is 3.48. The molecule has 1 saturated heterocycles. The summed E-state index contributed by atoms with van der Waals surface area (Å²) in [6.07, 6.45) is 6.28. The van der Waals surface area contributed by atoms with Crippen molar-refractivity contribution in [2.45, 2.75) is 56.5 Å². The predicted octanol–water partition coefficient (Wildman–Crippen LogP) is 3.48. The Morgan fingerprint density at radius 3 is 2.57 bits per heavy atom. The summed E-state index contributed by atoms with van der Waals surface area (Å²) in [5.74, 6) is -4.06. The lowest BCUT2D eigenvalue weighted by atomic mass is 10.0. The Morgan fingerprint density at radius 2 is 1.90 bits per heavy atom. The molecule has 2 fully saturated rings. The first-order valence-electron chi connectivity index (χ1n) is 14.0. The van der Waals surface area contributed by atoms with E-state index in [1.165, 1.54) is 25.3 Å². The maximum absolute atomic E-state index is 15.4. The van der Waals surface area contributed by atoms with E-state index in [1.807, 2.05) is 0 Å². The van der Waals surface area contributed by atoms with Crippen LogP contribution in [0, 0.1) is 10.1 Å². The van der Waals surface area contributed by atoms with Crippen molar-refractivity contribution in [3.05, 3.63) is 40.1 Å². The minimum Gasteiger partial charge on any atom is -0.495 e. The number of hydrogen-bond acceptors (Lipinski definition) is 9. The average molecular weight is 588 g/mol. The van der Waals surface area contributed by atoms with Crippen LogP contribution >= 0.6 is 0 Å². The maximum Gasteiger partial charge on any atom is 0.328 e. The monoisotopic (exact) mass is 587 g/mol. The van der Waals surface area contributed by atoms with Crippen LogP contribution in [0.5, 0.6) is 5.75 Å². The zero-order valence-corrected chi connectivity index (χ0v) is 23.8. The number of anilines is 4. The summed E-state index contributed by atoms with van der Waals surface area (Å²) in [4.78, 5) is 37.7. The molecule has 3 heterocycles. The number of rotatable bonds is 7. The van der Waals surface area contributed by atoms with Gasteiger partial charge in [0.15, 0.2) is 10.9 Å². The molecule has 3 aliphatic rings. The number of ether oxygens (including phenoxy) is 1. The summed E-state index contributed by atoms with van der Waals surface area (Å²) in [7, 11) is 4.83. The van der Waals surface area contributed by atoms with Crippen molar-refractivity contribution in [2.24, 2.45) is 5.10 Å². The van der Waals surface area contributed by atoms with Crippen LogP contribution in [-0.2, 0) is 0 Å². The quantitative estimate of drug-likeness (QED) is 0.365. The number of aromatic nitrogens is 2. The Bertz CT molecular complexity index is 1360. The van der Waals surface area contributed by atoms with E-state index in [-0.39, 0.29) is 35.4 Å². The number of nitro groups is 1. The van der Waals surface area contributed by atoms with Gasteiger partial charge in [0.1, 0.15) is 11.4 Å². The SMILES string of the molecule is COc1cc(C(=O)NC2CCN(C)CC2)ccc1Nc1ncc2c(n1)N(C1CCCC1)CC(F)(F)C(=N[N+](=O)[O-])N2C. The van der Waals surface area contributed by atoms with E-state index in [9.17, 15) is 14.9 Å². The number of likely N-dealkylation sites (tertiary alicyclic amines) is 1. The van der Waals surface area contributed by atoms with Gasteiger partial charge in [-0.2, -0.15) is 13.8 Å². The molecule has 15 heteroatoms. The number of fused-ring (bicyclic) bond motifs is 1. The Balaban J connectivity index is 1.43. The third-order valence-corrected chi connectivity index (χ3v) is 8.10. The number of amides is 1. The Hall–Kier alpha value is -4.14. The first-order valence-corrected chi connectivity index (χ1v) is 14.0. The van der Waals surface area contributed by atoms with Crippen molar-refractivity contribution < 1.29 is 23.3 Å². The highest BCUT2D eigenvalue weighted by Gasteiger charge is 2.49. The molecule has 0 spiro atoms. The van der Waals surface area contributed by atoms with Crippen LogP contribution in [0.4, 0.5) is 31.9 Å². The normalized spacial score (nSPS) is 20.7. The van der Waals surface area contributed by atoms with Crippen molar-refractivity contribution in [2.75, 3.05) is 56.0 Å². The second-order valence-electron chi connectivity index (χ2n) is 11.0. The molecule has 1 aromatic heterocycles. The summed E-state index contributed by atoms with van der Waals surface area (Å²) < 4.78 is 36.3. The standard InChI is InChI=1S/C27H35F2N9O4/c1-35-12-10-18(11-13-35)31-24(39)17-8-9-20(22(14-17)42-3)32-26-30-15-21-23(33-26)37(19-6-4-5-7-19)16-27(28,29)25(36(21)2)34-38(40)41/h8-9,14-15,18-19H,4-7,10-13,16H2,1-3H3,(H,31,39)(H,30,32,33). The van der Waals surface area contributed by atoms with Gasteiger partial charge < -0.3 is 30.1 Å². The van der Waals surface area contributed by atoms with Crippen molar-refractivity contribution in [3.63, 3.8) is 0 Å². The lowest BCUT2D eigenvalue weighted by molar-refractivity contribution is -0.485. The molecule has 1 saturated carbocycles. The number of halogens is 2. The number of hydrazone groups is 1. The van der Waals surface area contributed by atoms with E-state index in [0.717, 1.165) is 43.7 Å². The molecule has 2 aromatic rings. The number of piperidine rings is 1. The molecule has 0 bridgehead atoms. The lowest BCUT2D eigenvalue weighted by Gasteiger charge is -2.31. The predicted molar refractivity (Wildman–Crippen MR) is 154 cm³/mol. The lowest BCUT2D eigenvalue weighted by Crippen LogP contribution is -2.48. The first kappa shape index (κ1) is 29.4. The smallest absolute Gasteiger partial charge is 0.328 e. The molecule has 1 amide bonds. The van der Waals surface area contributed by atoms with Crippen LogP contribution in [0.25, 0.3) is 0 Å². The molecule has 0 atom stereocenters. The summed E-state index contributed by atoms with van der Waals surface area (Å²) in [5.41, 5.74) is 1.09. The fraction of sp³-hybridized carbons (Fsp3) is 0.556. The third-order valence-electron chi connectivity index (χ3n) is 8.10. The van der Waals surface area contributed by atoms with Crippen molar-refractivity contribution in [1.29, 1.82) is 0 Å². The Kier molecular flexibility index (Phi) is 8.38. The van der Waals surface area contributed by atoms with Crippen LogP contribution in [0.15, 0.2) is 29.5 Å². The van der Waals surface area contributed by atoms with E-state index in [1.54, 1.807) is 18.2 Å². The molecule has 2 aliphatic heterocycles. The number of amidine groups is 1. The third kappa shape index (κ3) is 6.20. The molecular formula is C27H35F2N9O4. The zero-order chi connectivity index (χ0) is 30.0. The van der Waals surface area contributed by atoms with Gasteiger partial charge in [0.05, 0.1) is 30.6 Å². The topological polar surface area (TPSA) is 141 Å². The fourth-order valence-corrected chi connectivity index (χ4v) is 5.81. The molecule has 42 heavy (non-hydrogen) atoms. The van der Waals surface area contributed by atoms with E-state index in [0.29, 0.717) is 29.8 Å². The van der Waals surface area contributed by atoms with Crippen molar-refractivity contribution in [3.8, 4) is 5.75 Å².